The minimum atomic E-state index is -1.15. The molecule has 6 nitrogen and oxygen atoms in total. The maximum atomic E-state index is 11.6. The monoisotopic (exact) mass is 308 g/mol. The molecule has 2 aromatic rings. The third-order valence-electron chi connectivity index (χ3n) is 2.69. The van der Waals surface area contributed by atoms with Crippen molar-refractivity contribution >= 4 is 23.6 Å². The van der Waals surface area contributed by atoms with Gasteiger partial charge in [-0.15, -0.1) is 0 Å². The normalized spacial score (nSPS) is 10.1. The Labute approximate surface area is 125 Å². The SMILES string of the molecule is O=C(NCc1ccc(C(=O)O)o1)NCc1ccccc1Cl. The zero-order chi connectivity index (χ0) is 15.2. The molecule has 110 valence electrons. The van der Waals surface area contributed by atoms with Gasteiger partial charge in [0.1, 0.15) is 5.76 Å². The van der Waals surface area contributed by atoms with Crippen LogP contribution in [0.15, 0.2) is 40.8 Å². The third kappa shape index (κ3) is 4.25. The van der Waals surface area contributed by atoms with E-state index in [0.717, 1.165) is 5.56 Å². The molecule has 3 N–H and O–H groups in total. The molecule has 0 spiro atoms. The fourth-order valence-corrected chi connectivity index (χ4v) is 1.84. The van der Waals surface area contributed by atoms with E-state index >= 15 is 0 Å². The molecule has 0 aliphatic rings. The fraction of sp³-hybridized carbons (Fsp3) is 0.143. The van der Waals surface area contributed by atoms with Gasteiger partial charge in [0.15, 0.2) is 0 Å². The van der Waals surface area contributed by atoms with Gasteiger partial charge < -0.3 is 20.2 Å². The van der Waals surface area contributed by atoms with Crippen molar-refractivity contribution in [2.24, 2.45) is 0 Å². The van der Waals surface area contributed by atoms with Gasteiger partial charge in [-0.25, -0.2) is 9.59 Å². The topological polar surface area (TPSA) is 91.6 Å². The van der Waals surface area contributed by atoms with Gasteiger partial charge in [0.2, 0.25) is 5.76 Å². The van der Waals surface area contributed by atoms with Gasteiger partial charge >= 0.3 is 12.0 Å². The number of furan rings is 1. The number of carboxylic acids is 1. The van der Waals surface area contributed by atoms with Gasteiger partial charge in [-0.05, 0) is 23.8 Å². The highest BCUT2D eigenvalue weighted by atomic mass is 35.5. The number of amides is 2. The summed E-state index contributed by atoms with van der Waals surface area (Å²) in [6, 6.07) is 9.63. The summed E-state index contributed by atoms with van der Waals surface area (Å²) in [5.41, 5.74) is 0.806. The van der Waals surface area contributed by atoms with Crippen molar-refractivity contribution in [1.29, 1.82) is 0 Å². The molecule has 1 aromatic heterocycles. The number of hydrogen-bond donors (Lipinski definition) is 3. The molecule has 0 fully saturated rings. The van der Waals surface area contributed by atoms with Gasteiger partial charge in [0, 0.05) is 11.6 Å². The van der Waals surface area contributed by atoms with Crippen molar-refractivity contribution in [3.63, 3.8) is 0 Å². The first-order chi connectivity index (χ1) is 10.1. The lowest BCUT2D eigenvalue weighted by Gasteiger charge is -2.07. The van der Waals surface area contributed by atoms with Crippen molar-refractivity contribution in [2.45, 2.75) is 13.1 Å². The molecule has 0 aliphatic carbocycles. The predicted octanol–water partition coefficient (Wildman–Crippen LogP) is 2.63. The maximum absolute atomic E-state index is 11.6. The smallest absolute Gasteiger partial charge is 0.371 e. The lowest BCUT2D eigenvalue weighted by Crippen LogP contribution is -2.34. The van der Waals surface area contributed by atoms with Crippen LogP contribution in [0.2, 0.25) is 5.02 Å². The minimum absolute atomic E-state index is 0.0988. The number of benzene rings is 1. The van der Waals surface area contributed by atoms with Gasteiger partial charge in [-0.2, -0.15) is 0 Å². The molecule has 0 unspecified atom stereocenters. The molecule has 0 saturated carbocycles. The molecule has 0 radical (unpaired) electrons. The van der Waals surface area contributed by atoms with Crippen molar-refractivity contribution in [2.75, 3.05) is 0 Å². The number of rotatable bonds is 5. The van der Waals surface area contributed by atoms with Crippen LogP contribution < -0.4 is 10.6 Å². The Balaban J connectivity index is 1.79. The second-order valence-corrected chi connectivity index (χ2v) is 4.61. The maximum Gasteiger partial charge on any atom is 0.371 e. The number of nitrogens with one attached hydrogen (secondary N) is 2. The van der Waals surface area contributed by atoms with E-state index in [1.54, 1.807) is 6.07 Å². The van der Waals surface area contributed by atoms with Crippen LogP contribution in [0.3, 0.4) is 0 Å². The third-order valence-corrected chi connectivity index (χ3v) is 3.06. The highest BCUT2D eigenvalue weighted by molar-refractivity contribution is 6.31. The van der Waals surface area contributed by atoms with Crippen LogP contribution in [0.5, 0.6) is 0 Å². The number of carbonyl (C=O) groups excluding carboxylic acids is 1. The molecule has 7 heteroatoms. The van der Waals surface area contributed by atoms with E-state index in [1.807, 2.05) is 18.2 Å². The molecule has 0 saturated heterocycles. The molecule has 1 heterocycles. The number of urea groups is 1. The first kappa shape index (κ1) is 14.9. The Hall–Kier alpha value is -2.47. The number of hydrogen-bond acceptors (Lipinski definition) is 3. The Kier molecular flexibility index (Phi) is 4.84. The molecule has 0 atom stereocenters. The zero-order valence-electron chi connectivity index (χ0n) is 10.9. The second kappa shape index (κ2) is 6.81. The van der Waals surface area contributed by atoms with E-state index in [9.17, 15) is 9.59 Å². The second-order valence-electron chi connectivity index (χ2n) is 4.20. The Morgan fingerprint density at radius 3 is 2.48 bits per heavy atom. The number of carboxylic acid groups (broad SMARTS) is 1. The number of halogens is 1. The molecule has 0 aliphatic heterocycles. The van der Waals surface area contributed by atoms with Gasteiger partial charge in [-0.1, -0.05) is 29.8 Å². The van der Waals surface area contributed by atoms with Crippen molar-refractivity contribution < 1.29 is 19.1 Å². The fourth-order valence-electron chi connectivity index (χ4n) is 1.64. The first-order valence-corrected chi connectivity index (χ1v) is 6.51. The molecule has 2 amide bonds. The van der Waals surface area contributed by atoms with Crippen molar-refractivity contribution in [3.05, 3.63) is 58.5 Å². The zero-order valence-corrected chi connectivity index (χ0v) is 11.7. The Bertz CT molecular complexity index is 654. The molecule has 1 aromatic carbocycles. The Morgan fingerprint density at radius 2 is 1.81 bits per heavy atom. The minimum Gasteiger partial charge on any atom is -0.475 e. The van der Waals surface area contributed by atoms with Crippen LogP contribution in [0.1, 0.15) is 21.9 Å². The largest absolute Gasteiger partial charge is 0.475 e. The Morgan fingerprint density at radius 1 is 1.10 bits per heavy atom. The summed E-state index contributed by atoms with van der Waals surface area (Å²) in [5, 5.41) is 14.5. The molecular weight excluding hydrogens is 296 g/mol. The van der Waals surface area contributed by atoms with E-state index in [2.05, 4.69) is 10.6 Å². The summed E-state index contributed by atoms with van der Waals surface area (Å²) in [5.74, 6) is -0.951. The predicted molar refractivity (Wildman–Crippen MR) is 76.2 cm³/mol. The summed E-state index contributed by atoms with van der Waals surface area (Å²) >= 11 is 5.97. The highest BCUT2D eigenvalue weighted by Crippen LogP contribution is 2.14. The van der Waals surface area contributed by atoms with E-state index in [-0.39, 0.29) is 12.3 Å². The summed E-state index contributed by atoms with van der Waals surface area (Å²) in [6.45, 7) is 0.395. The summed E-state index contributed by atoms with van der Waals surface area (Å²) in [7, 11) is 0. The lowest BCUT2D eigenvalue weighted by atomic mass is 10.2. The summed E-state index contributed by atoms with van der Waals surface area (Å²) in [4.78, 5) is 22.3. The van der Waals surface area contributed by atoms with Crippen LogP contribution >= 0.6 is 11.6 Å². The van der Waals surface area contributed by atoms with Crippen LogP contribution in [-0.2, 0) is 13.1 Å². The van der Waals surface area contributed by atoms with E-state index in [1.165, 1.54) is 12.1 Å². The standard InChI is InChI=1S/C14H13ClN2O4/c15-11-4-2-1-3-9(11)7-16-14(20)17-8-10-5-6-12(21-10)13(18)19/h1-6H,7-8H2,(H,18,19)(H2,16,17,20). The van der Waals surface area contributed by atoms with Crippen LogP contribution in [0.25, 0.3) is 0 Å². The number of carbonyl (C=O) groups is 2. The molecule has 0 bridgehead atoms. The first-order valence-electron chi connectivity index (χ1n) is 6.13. The van der Waals surface area contributed by atoms with E-state index < -0.39 is 12.0 Å². The van der Waals surface area contributed by atoms with Crippen LogP contribution in [0, 0.1) is 0 Å². The van der Waals surface area contributed by atoms with Crippen LogP contribution in [-0.4, -0.2) is 17.1 Å². The molecule has 21 heavy (non-hydrogen) atoms. The molecular formula is C14H13ClN2O4. The van der Waals surface area contributed by atoms with E-state index in [4.69, 9.17) is 21.1 Å². The van der Waals surface area contributed by atoms with Gasteiger partial charge in [0.25, 0.3) is 0 Å². The highest BCUT2D eigenvalue weighted by Gasteiger charge is 2.09. The summed E-state index contributed by atoms with van der Waals surface area (Å²) < 4.78 is 5.01. The van der Waals surface area contributed by atoms with Gasteiger partial charge in [0.05, 0.1) is 6.54 Å². The van der Waals surface area contributed by atoms with E-state index in [0.29, 0.717) is 17.3 Å². The van der Waals surface area contributed by atoms with Crippen molar-refractivity contribution in [3.8, 4) is 0 Å². The van der Waals surface area contributed by atoms with Gasteiger partial charge in [-0.3, -0.25) is 0 Å². The average molecular weight is 309 g/mol. The summed E-state index contributed by atoms with van der Waals surface area (Å²) in [6.07, 6.45) is 0. The van der Waals surface area contributed by atoms with Crippen LogP contribution in [0.4, 0.5) is 4.79 Å². The number of aromatic carboxylic acids is 1. The average Bonchev–Trinajstić information content (AvgIpc) is 2.93. The molecule has 2 rings (SSSR count). The quantitative estimate of drug-likeness (QED) is 0.791. The van der Waals surface area contributed by atoms with Crippen molar-refractivity contribution in [1.82, 2.24) is 10.6 Å². The lowest BCUT2D eigenvalue weighted by molar-refractivity contribution is 0.0660.